The molecule has 2 aliphatic heterocycles. The molecular weight excluding hydrogens is 234 g/mol. The maximum Gasteiger partial charge on any atom is 0.0713 e. The van der Waals surface area contributed by atoms with Crippen molar-refractivity contribution in [1.82, 2.24) is 5.32 Å². The second-order valence-corrected chi connectivity index (χ2v) is 6.65. The second-order valence-electron chi connectivity index (χ2n) is 5.43. The molecule has 0 radical (unpaired) electrons. The van der Waals surface area contributed by atoms with Crippen LogP contribution in [0.4, 0.5) is 0 Å². The molecule has 2 fully saturated rings. The molecule has 2 unspecified atom stereocenters. The van der Waals surface area contributed by atoms with E-state index >= 15 is 0 Å². The Morgan fingerprint density at radius 2 is 2.24 bits per heavy atom. The Labute approximate surface area is 109 Å². The van der Waals surface area contributed by atoms with Gasteiger partial charge in [0.15, 0.2) is 0 Å². The topological polar surface area (TPSA) is 41.5 Å². The van der Waals surface area contributed by atoms with Gasteiger partial charge in [-0.1, -0.05) is 0 Å². The van der Waals surface area contributed by atoms with Gasteiger partial charge in [-0.3, -0.25) is 0 Å². The van der Waals surface area contributed by atoms with Crippen LogP contribution in [0.1, 0.15) is 39.0 Å². The minimum Gasteiger partial charge on any atom is -0.393 e. The van der Waals surface area contributed by atoms with Crippen molar-refractivity contribution in [3.63, 3.8) is 0 Å². The molecule has 3 nitrogen and oxygen atoms in total. The predicted molar refractivity (Wildman–Crippen MR) is 72.6 cm³/mol. The van der Waals surface area contributed by atoms with Gasteiger partial charge in [0.25, 0.3) is 0 Å². The summed E-state index contributed by atoms with van der Waals surface area (Å²) in [5.41, 5.74) is 0.173. The lowest BCUT2D eigenvalue weighted by atomic mass is 9.85. The summed E-state index contributed by atoms with van der Waals surface area (Å²) in [7, 11) is 0. The van der Waals surface area contributed by atoms with Gasteiger partial charge in [0, 0.05) is 12.6 Å². The molecule has 1 spiro atoms. The number of aliphatic hydroxyl groups is 1. The fraction of sp³-hybridized carbons (Fsp3) is 1.00. The van der Waals surface area contributed by atoms with Gasteiger partial charge in [0.2, 0.25) is 0 Å². The van der Waals surface area contributed by atoms with Gasteiger partial charge in [-0.15, -0.1) is 0 Å². The van der Waals surface area contributed by atoms with Crippen LogP contribution in [-0.4, -0.2) is 47.5 Å². The molecule has 0 amide bonds. The molecule has 2 N–H and O–H groups in total. The first-order valence-electron chi connectivity index (χ1n) is 6.83. The van der Waals surface area contributed by atoms with Gasteiger partial charge in [-0.2, -0.15) is 11.8 Å². The van der Waals surface area contributed by atoms with Crippen LogP contribution in [0.2, 0.25) is 0 Å². The SMILES string of the molecule is CC(O)CCNC1CCOC2(CCSCC2)C1. The summed E-state index contributed by atoms with van der Waals surface area (Å²) in [5, 5.41) is 12.8. The summed E-state index contributed by atoms with van der Waals surface area (Å²) >= 11 is 2.05. The Bertz CT molecular complexity index is 224. The molecule has 0 aliphatic carbocycles. The van der Waals surface area contributed by atoms with E-state index in [2.05, 4.69) is 17.1 Å². The quantitative estimate of drug-likeness (QED) is 0.808. The summed E-state index contributed by atoms with van der Waals surface area (Å²) in [6.45, 7) is 3.68. The Hall–Kier alpha value is 0.230. The molecule has 2 saturated heterocycles. The Balaban J connectivity index is 1.76. The van der Waals surface area contributed by atoms with Gasteiger partial charge >= 0.3 is 0 Å². The maximum absolute atomic E-state index is 9.26. The third kappa shape index (κ3) is 4.12. The smallest absolute Gasteiger partial charge is 0.0713 e. The molecular formula is C13H25NO2S. The zero-order valence-electron chi connectivity index (χ0n) is 10.8. The molecule has 100 valence electrons. The van der Waals surface area contributed by atoms with Crippen molar-refractivity contribution in [2.45, 2.75) is 56.8 Å². The summed E-state index contributed by atoms with van der Waals surface area (Å²) in [6.07, 6.45) is 5.36. The number of hydrogen-bond acceptors (Lipinski definition) is 4. The Morgan fingerprint density at radius 3 is 2.94 bits per heavy atom. The third-order valence-corrected chi connectivity index (χ3v) is 4.88. The van der Waals surface area contributed by atoms with Gasteiger partial charge in [-0.25, -0.2) is 0 Å². The van der Waals surface area contributed by atoms with Crippen LogP contribution in [0.25, 0.3) is 0 Å². The van der Waals surface area contributed by atoms with Crippen LogP contribution in [-0.2, 0) is 4.74 Å². The highest BCUT2D eigenvalue weighted by molar-refractivity contribution is 7.99. The first-order chi connectivity index (χ1) is 8.20. The minimum atomic E-state index is -0.192. The molecule has 17 heavy (non-hydrogen) atoms. The van der Waals surface area contributed by atoms with E-state index in [1.807, 2.05) is 6.92 Å². The molecule has 2 aliphatic rings. The van der Waals surface area contributed by atoms with Crippen LogP contribution in [0.3, 0.4) is 0 Å². The van der Waals surface area contributed by atoms with Crippen molar-refractivity contribution >= 4 is 11.8 Å². The first kappa shape index (κ1) is 13.7. The van der Waals surface area contributed by atoms with Gasteiger partial charge in [0.1, 0.15) is 0 Å². The van der Waals surface area contributed by atoms with Crippen LogP contribution in [0.15, 0.2) is 0 Å². The number of rotatable bonds is 4. The highest BCUT2D eigenvalue weighted by Crippen LogP contribution is 2.37. The molecule has 0 aromatic rings. The molecule has 2 rings (SSSR count). The molecule has 2 heterocycles. The van der Waals surface area contributed by atoms with Gasteiger partial charge in [0.05, 0.1) is 11.7 Å². The Morgan fingerprint density at radius 1 is 1.47 bits per heavy atom. The average Bonchev–Trinajstić information content (AvgIpc) is 2.29. The third-order valence-electron chi connectivity index (χ3n) is 3.89. The van der Waals surface area contributed by atoms with E-state index in [1.54, 1.807) is 0 Å². The highest BCUT2D eigenvalue weighted by Gasteiger charge is 2.38. The number of hydrogen-bond donors (Lipinski definition) is 2. The van der Waals surface area contributed by atoms with E-state index in [9.17, 15) is 5.11 Å². The zero-order chi connectivity index (χ0) is 12.1. The second kappa shape index (κ2) is 6.41. The first-order valence-corrected chi connectivity index (χ1v) is 7.99. The van der Waals surface area contributed by atoms with E-state index in [-0.39, 0.29) is 11.7 Å². The average molecular weight is 259 g/mol. The van der Waals surface area contributed by atoms with E-state index in [0.29, 0.717) is 6.04 Å². The summed E-state index contributed by atoms with van der Waals surface area (Å²) in [4.78, 5) is 0. The molecule has 0 bridgehead atoms. The van der Waals surface area contributed by atoms with Gasteiger partial charge < -0.3 is 15.2 Å². The van der Waals surface area contributed by atoms with E-state index in [4.69, 9.17) is 4.74 Å². The molecule has 0 aromatic carbocycles. The summed E-state index contributed by atoms with van der Waals surface area (Å²) < 4.78 is 6.06. The standard InChI is InChI=1S/C13H25NO2S/c1-11(15)2-6-14-12-3-7-16-13(10-12)4-8-17-9-5-13/h11-12,14-15H,2-10H2,1H3. The van der Waals surface area contributed by atoms with Crippen LogP contribution in [0, 0.1) is 0 Å². The summed E-state index contributed by atoms with van der Waals surface area (Å²) in [6, 6.07) is 0.589. The lowest BCUT2D eigenvalue weighted by Crippen LogP contribution is -2.49. The number of ether oxygens (including phenoxy) is 1. The van der Waals surface area contributed by atoms with Crippen LogP contribution >= 0.6 is 11.8 Å². The number of thioether (sulfide) groups is 1. The monoisotopic (exact) mass is 259 g/mol. The predicted octanol–water partition coefficient (Wildman–Crippen LogP) is 1.79. The molecule has 4 heteroatoms. The van der Waals surface area contributed by atoms with Crippen molar-refractivity contribution in [2.75, 3.05) is 24.7 Å². The maximum atomic E-state index is 9.26. The number of nitrogens with one attached hydrogen (secondary N) is 1. The zero-order valence-corrected chi connectivity index (χ0v) is 11.6. The normalized spacial score (nSPS) is 30.4. The number of aliphatic hydroxyl groups excluding tert-OH is 1. The van der Waals surface area contributed by atoms with Crippen molar-refractivity contribution in [1.29, 1.82) is 0 Å². The van der Waals surface area contributed by atoms with Crippen molar-refractivity contribution in [3.8, 4) is 0 Å². The fourth-order valence-corrected chi connectivity index (χ4v) is 4.03. The van der Waals surface area contributed by atoms with Crippen molar-refractivity contribution < 1.29 is 9.84 Å². The van der Waals surface area contributed by atoms with Crippen molar-refractivity contribution in [3.05, 3.63) is 0 Å². The van der Waals surface area contributed by atoms with Crippen LogP contribution < -0.4 is 5.32 Å². The summed E-state index contributed by atoms with van der Waals surface area (Å²) in [5.74, 6) is 2.50. The van der Waals surface area contributed by atoms with E-state index in [0.717, 1.165) is 32.4 Å². The lowest BCUT2D eigenvalue weighted by molar-refractivity contribution is -0.0932. The largest absolute Gasteiger partial charge is 0.393 e. The lowest BCUT2D eigenvalue weighted by Gasteiger charge is -2.43. The fourth-order valence-electron chi connectivity index (χ4n) is 2.79. The van der Waals surface area contributed by atoms with Crippen LogP contribution in [0.5, 0.6) is 0 Å². The molecule has 2 atom stereocenters. The van der Waals surface area contributed by atoms with Gasteiger partial charge in [-0.05, 0) is 57.1 Å². The Kier molecular flexibility index (Phi) is 5.15. The highest BCUT2D eigenvalue weighted by atomic mass is 32.2. The molecule has 0 aromatic heterocycles. The van der Waals surface area contributed by atoms with E-state index in [1.165, 1.54) is 24.3 Å². The van der Waals surface area contributed by atoms with E-state index < -0.39 is 0 Å². The minimum absolute atomic E-state index is 0.173. The van der Waals surface area contributed by atoms with Crippen molar-refractivity contribution in [2.24, 2.45) is 0 Å². The molecule has 0 saturated carbocycles.